The number of methoxy groups -OCH3 is 1. The Balaban J connectivity index is 1.72. The first-order valence-electron chi connectivity index (χ1n) is 8.87. The molecule has 2 unspecified atom stereocenters. The van der Waals surface area contributed by atoms with Crippen LogP contribution in [0.2, 0.25) is 0 Å². The zero-order chi connectivity index (χ0) is 16.9. The minimum absolute atomic E-state index is 0.380. The molecule has 1 fully saturated rings. The normalized spacial score (nSPS) is 20.5. The summed E-state index contributed by atoms with van der Waals surface area (Å²) >= 11 is 0. The summed E-state index contributed by atoms with van der Waals surface area (Å²) in [5, 5.41) is 7.37. The van der Waals surface area contributed by atoms with Crippen LogP contribution in [0.25, 0.3) is 0 Å². The highest BCUT2D eigenvalue weighted by atomic mass is 16.5. The molecule has 0 saturated carbocycles. The topological polar surface area (TPSA) is 33.3 Å². The molecule has 3 heteroatoms. The van der Waals surface area contributed by atoms with Crippen LogP contribution in [0.15, 0.2) is 48.5 Å². The maximum atomic E-state index is 5.55. The van der Waals surface area contributed by atoms with Gasteiger partial charge < -0.3 is 15.4 Å². The summed E-state index contributed by atoms with van der Waals surface area (Å²) in [6, 6.07) is 18.1. The molecule has 0 aromatic heterocycles. The van der Waals surface area contributed by atoms with Crippen molar-refractivity contribution >= 4 is 0 Å². The molecule has 3 nitrogen and oxygen atoms in total. The van der Waals surface area contributed by atoms with Crippen LogP contribution in [-0.2, 0) is 6.54 Å². The third kappa shape index (κ3) is 3.80. The predicted octanol–water partition coefficient (Wildman–Crippen LogP) is 4.01. The van der Waals surface area contributed by atoms with Crippen molar-refractivity contribution in [2.75, 3.05) is 13.7 Å². The summed E-state index contributed by atoms with van der Waals surface area (Å²) < 4.78 is 5.55. The van der Waals surface area contributed by atoms with Crippen LogP contribution in [0.1, 0.15) is 48.9 Å². The van der Waals surface area contributed by atoms with Crippen molar-refractivity contribution in [3.8, 4) is 5.75 Å². The predicted molar refractivity (Wildman–Crippen MR) is 99.5 cm³/mol. The summed E-state index contributed by atoms with van der Waals surface area (Å²) in [6.45, 7) is 6.34. The Morgan fingerprint density at radius 1 is 1.17 bits per heavy atom. The van der Waals surface area contributed by atoms with Crippen molar-refractivity contribution in [2.24, 2.45) is 0 Å². The van der Waals surface area contributed by atoms with Gasteiger partial charge in [-0.3, -0.25) is 0 Å². The Labute approximate surface area is 145 Å². The van der Waals surface area contributed by atoms with Gasteiger partial charge >= 0.3 is 0 Å². The first-order valence-corrected chi connectivity index (χ1v) is 8.87. The molecule has 0 radical (unpaired) electrons. The van der Waals surface area contributed by atoms with Gasteiger partial charge in [-0.15, -0.1) is 0 Å². The first kappa shape index (κ1) is 17.0. The average molecular weight is 324 g/mol. The summed E-state index contributed by atoms with van der Waals surface area (Å²) in [4.78, 5) is 0. The summed E-state index contributed by atoms with van der Waals surface area (Å²) in [6.07, 6.45) is 1.14. The van der Waals surface area contributed by atoms with Gasteiger partial charge in [-0.1, -0.05) is 56.3 Å². The minimum Gasteiger partial charge on any atom is -0.496 e. The second kappa shape index (κ2) is 7.82. The van der Waals surface area contributed by atoms with E-state index in [1.54, 1.807) is 7.11 Å². The van der Waals surface area contributed by atoms with Gasteiger partial charge in [-0.2, -0.15) is 0 Å². The van der Waals surface area contributed by atoms with Crippen LogP contribution in [-0.4, -0.2) is 19.7 Å². The zero-order valence-electron chi connectivity index (χ0n) is 14.9. The minimum atomic E-state index is 0.380. The van der Waals surface area contributed by atoms with Gasteiger partial charge in [0.2, 0.25) is 0 Å². The lowest BCUT2D eigenvalue weighted by molar-refractivity contribution is 0.401. The third-order valence-corrected chi connectivity index (χ3v) is 4.91. The molecule has 0 aliphatic carbocycles. The first-order chi connectivity index (χ1) is 11.7. The smallest absolute Gasteiger partial charge is 0.123 e. The van der Waals surface area contributed by atoms with Crippen LogP contribution < -0.4 is 15.4 Å². The molecule has 2 N–H and O–H groups in total. The number of hydrogen-bond donors (Lipinski definition) is 2. The molecule has 1 saturated heterocycles. The van der Waals surface area contributed by atoms with E-state index in [0.29, 0.717) is 18.0 Å². The van der Waals surface area contributed by atoms with Gasteiger partial charge in [-0.05, 0) is 36.1 Å². The van der Waals surface area contributed by atoms with Gasteiger partial charge in [0.25, 0.3) is 0 Å². The second-order valence-corrected chi connectivity index (χ2v) is 6.84. The Bertz CT molecular complexity index is 654. The molecular formula is C21H28N2O. The molecule has 0 spiro atoms. The lowest BCUT2D eigenvalue weighted by atomic mass is 9.98. The number of ether oxygens (including phenoxy) is 1. The molecular weight excluding hydrogens is 296 g/mol. The fourth-order valence-electron chi connectivity index (χ4n) is 3.47. The maximum absolute atomic E-state index is 5.55. The monoisotopic (exact) mass is 324 g/mol. The van der Waals surface area contributed by atoms with E-state index in [-0.39, 0.29) is 0 Å². The quantitative estimate of drug-likeness (QED) is 0.842. The molecule has 0 bridgehead atoms. The second-order valence-electron chi connectivity index (χ2n) is 6.84. The van der Waals surface area contributed by atoms with E-state index in [1.807, 2.05) is 0 Å². The van der Waals surface area contributed by atoms with Crippen molar-refractivity contribution < 1.29 is 4.74 Å². The molecule has 128 valence electrons. The maximum Gasteiger partial charge on any atom is 0.123 e. The highest BCUT2D eigenvalue weighted by Gasteiger charge is 2.27. The van der Waals surface area contributed by atoms with Gasteiger partial charge in [0.1, 0.15) is 5.75 Å². The zero-order valence-corrected chi connectivity index (χ0v) is 14.9. The number of nitrogens with one attached hydrogen (secondary N) is 2. The number of hydrogen-bond acceptors (Lipinski definition) is 3. The third-order valence-electron chi connectivity index (χ3n) is 4.91. The van der Waals surface area contributed by atoms with E-state index in [0.717, 1.165) is 25.3 Å². The molecule has 2 aromatic carbocycles. The molecule has 0 amide bonds. The lowest BCUT2D eigenvalue weighted by Crippen LogP contribution is -2.34. The van der Waals surface area contributed by atoms with Crippen LogP contribution in [0.3, 0.4) is 0 Å². The van der Waals surface area contributed by atoms with Crippen LogP contribution in [0.5, 0.6) is 5.75 Å². The average Bonchev–Trinajstić information content (AvgIpc) is 3.09. The molecule has 2 atom stereocenters. The fourth-order valence-corrected chi connectivity index (χ4v) is 3.47. The Hall–Kier alpha value is -1.84. The molecule has 1 aliphatic rings. The van der Waals surface area contributed by atoms with Crippen LogP contribution in [0, 0.1) is 0 Å². The summed E-state index contributed by atoms with van der Waals surface area (Å²) in [7, 11) is 1.75. The van der Waals surface area contributed by atoms with Gasteiger partial charge in [0.15, 0.2) is 0 Å². The molecule has 1 aliphatic heterocycles. The van der Waals surface area contributed by atoms with E-state index in [9.17, 15) is 0 Å². The van der Waals surface area contributed by atoms with Crippen molar-refractivity contribution in [1.82, 2.24) is 10.6 Å². The van der Waals surface area contributed by atoms with E-state index in [1.165, 1.54) is 16.7 Å². The van der Waals surface area contributed by atoms with E-state index in [4.69, 9.17) is 4.74 Å². The van der Waals surface area contributed by atoms with Gasteiger partial charge in [-0.25, -0.2) is 0 Å². The Morgan fingerprint density at radius 2 is 1.96 bits per heavy atom. The van der Waals surface area contributed by atoms with Gasteiger partial charge in [0.05, 0.1) is 7.11 Å². The van der Waals surface area contributed by atoms with Crippen LogP contribution in [0.4, 0.5) is 0 Å². The highest BCUT2D eigenvalue weighted by Crippen LogP contribution is 2.27. The highest BCUT2D eigenvalue weighted by molar-refractivity contribution is 5.38. The van der Waals surface area contributed by atoms with E-state index >= 15 is 0 Å². The molecule has 2 aromatic rings. The SMILES string of the molecule is COc1ccc(C(C)C)cc1CNC1CCNC1c1ccccc1. The number of rotatable bonds is 6. The van der Waals surface area contributed by atoms with Gasteiger partial charge in [0, 0.05) is 24.2 Å². The van der Waals surface area contributed by atoms with E-state index < -0.39 is 0 Å². The molecule has 1 heterocycles. The molecule has 3 rings (SSSR count). The molecule has 24 heavy (non-hydrogen) atoms. The van der Waals surface area contributed by atoms with Crippen molar-refractivity contribution in [3.63, 3.8) is 0 Å². The summed E-state index contributed by atoms with van der Waals surface area (Å²) in [5.41, 5.74) is 3.95. The summed E-state index contributed by atoms with van der Waals surface area (Å²) in [5.74, 6) is 1.49. The van der Waals surface area contributed by atoms with Crippen LogP contribution >= 0.6 is 0 Å². The van der Waals surface area contributed by atoms with Crippen molar-refractivity contribution in [2.45, 2.75) is 44.8 Å². The largest absolute Gasteiger partial charge is 0.496 e. The van der Waals surface area contributed by atoms with Crippen molar-refractivity contribution in [1.29, 1.82) is 0 Å². The lowest BCUT2D eigenvalue weighted by Gasteiger charge is -2.22. The standard InChI is InChI=1S/C21H28N2O/c1-15(2)17-9-10-20(24-3)18(13-17)14-23-19-11-12-22-21(19)16-7-5-4-6-8-16/h4-10,13,15,19,21-23H,11-12,14H2,1-3H3. The fraction of sp³-hybridized carbons (Fsp3) is 0.429. The number of benzene rings is 2. The van der Waals surface area contributed by atoms with E-state index in [2.05, 4.69) is 73.0 Å². The Kier molecular flexibility index (Phi) is 5.54. The Morgan fingerprint density at radius 3 is 2.67 bits per heavy atom. The van der Waals surface area contributed by atoms with Crippen molar-refractivity contribution in [3.05, 3.63) is 65.2 Å².